The maximum absolute atomic E-state index is 3.92. The summed E-state index contributed by atoms with van der Waals surface area (Å²) in [6, 6.07) is 8.77. The fraction of sp³-hybridized carbons (Fsp3) is 0.368. The highest BCUT2D eigenvalue weighted by Crippen LogP contribution is 2.21. The summed E-state index contributed by atoms with van der Waals surface area (Å²) in [7, 11) is 0. The van der Waals surface area contributed by atoms with Gasteiger partial charge in [0.25, 0.3) is 0 Å². The van der Waals surface area contributed by atoms with Crippen LogP contribution in [0.4, 0.5) is 0 Å². The molecule has 0 saturated carbocycles. The van der Waals surface area contributed by atoms with E-state index in [1.807, 2.05) is 6.08 Å². The van der Waals surface area contributed by atoms with E-state index in [0.29, 0.717) is 11.8 Å². The van der Waals surface area contributed by atoms with Crippen molar-refractivity contribution in [2.45, 2.75) is 40.5 Å². The fourth-order valence-electron chi connectivity index (χ4n) is 1.76. The molecular formula is C19H26. The van der Waals surface area contributed by atoms with Crippen molar-refractivity contribution in [3.63, 3.8) is 0 Å². The molecule has 0 nitrogen and oxygen atoms in total. The summed E-state index contributed by atoms with van der Waals surface area (Å²) in [5.74, 6) is 1.17. The van der Waals surface area contributed by atoms with Crippen LogP contribution >= 0.6 is 0 Å². The zero-order chi connectivity index (χ0) is 14.4. The molecule has 0 aliphatic carbocycles. The second-order valence-electron chi connectivity index (χ2n) is 5.67. The number of hydrogen-bond donors (Lipinski definition) is 0. The third kappa shape index (κ3) is 4.55. The average molecular weight is 254 g/mol. The third-order valence-corrected chi connectivity index (χ3v) is 3.57. The Kier molecular flexibility index (Phi) is 5.82. The monoisotopic (exact) mass is 254 g/mol. The van der Waals surface area contributed by atoms with Gasteiger partial charge in [-0.05, 0) is 35.5 Å². The Bertz CT molecular complexity index is 467. The standard InChI is InChI=1S/C19H26/c1-7-17(9-8-16(6)14(2)3)19-12-10-18(11-13-19)15(4)5/h7-15H,1H2,2-6H3/b16-8+,17-9+. The van der Waals surface area contributed by atoms with Crippen LogP contribution in [0.3, 0.4) is 0 Å². The lowest BCUT2D eigenvalue weighted by molar-refractivity contribution is 0.769. The van der Waals surface area contributed by atoms with Crippen LogP contribution in [-0.2, 0) is 0 Å². The number of hydrogen-bond acceptors (Lipinski definition) is 0. The zero-order valence-corrected chi connectivity index (χ0v) is 12.9. The molecule has 0 spiro atoms. The van der Waals surface area contributed by atoms with E-state index < -0.39 is 0 Å². The number of benzene rings is 1. The Labute approximate surface area is 118 Å². The molecule has 0 heteroatoms. The fourth-order valence-corrected chi connectivity index (χ4v) is 1.76. The van der Waals surface area contributed by atoms with E-state index in [4.69, 9.17) is 0 Å². The maximum atomic E-state index is 3.92. The van der Waals surface area contributed by atoms with Gasteiger partial charge >= 0.3 is 0 Å². The van der Waals surface area contributed by atoms with Crippen molar-refractivity contribution in [2.75, 3.05) is 0 Å². The topological polar surface area (TPSA) is 0 Å². The van der Waals surface area contributed by atoms with Gasteiger partial charge in [-0.15, -0.1) is 0 Å². The van der Waals surface area contributed by atoms with Gasteiger partial charge in [0.1, 0.15) is 0 Å². The van der Waals surface area contributed by atoms with E-state index in [2.05, 4.69) is 77.6 Å². The van der Waals surface area contributed by atoms with Crippen molar-refractivity contribution in [3.05, 3.63) is 65.8 Å². The van der Waals surface area contributed by atoms with Gasteiger partial charge in [0, 0.05) is 0 Å². The molecule has 19 heavy (non-hydrogen) atoms. The molecule has 0 N–H and O–H groups in total. The third-order valence-electron chi connectivity index (χ3n) is 3.57. The van der Waals surface area contributed by atoms with E-state index in [1.165, 1.54) is 22.3 Å². The Morgan fingerprint density at radius 2 is 1.58 bits per heavy atom. The summed E-state index contributed by atoms with van der Waals surface area (Å²) in [6.45, 7) is 14.9. The van der Waals surface area contributed by atoms with Crippen LogP contribution in [0.5, 0.6) is 0 Å². The van der Waals surface area contributed by atoms with Gasteiger partial charge in [0.2, 0.25) is 0 Å². The van der Waals surface area contributed by atoms with Crippen LogP contribution < -0.4 is 0 Å². The van der Waals surface area contributed by atoms with Gasteiger partial charge in [-0.3, -0.25) is 0 Å². The average Bonchev–Trinajstić information content (AvgIpc) is 2.39. The smallest absolute Gasteiger partial charge is 0.0184 e. The lowest BCUT2D eigenvalue weighted by Gasteiger charge is -2.08. The van der Waals surface area contributed by atoms with E-state index in [9.17, 15) is 0 Å². The molecule has 0 radical (unpaired) electrons. The summed E-state index contributed by atoms with van der Waals surface area (Å²) in [4.78, 5) is 0. The molecule has 0 aromatic heterocycles. The molecule has 1 aromatic carbocycles. The van der Waals surface area contributed by atoms with E-state index in [0.717, 1.165) is 0 Å². The molecular weight excluding hydrogens is 228 g/mol. The highest BCUT2D eigenvalue weighted by molar-refractivity contribution is 5.74. The molecule has 102 valence electrons. The van der Waals surface area contributed by atoms with Crippen molar-refractivity contribution >= 4 is 5.57 Å². The van der Waals surface area contributed by atoms with Gasteiger partial charge in [-0.1, -0.05) is 82.3 Å². The first-order chi connectivity index (χ1) is 8.95. The largest absolute Gasteiger partial charge is 0.0984 e. The minimum absolute atomic E-state index is 0.577. The van der Waals surface area contributed by atoms with Gasteiger partial charge in [0.15, 0.2) is 0 Å². The quantitative estimate of drug-likeness (QED) is 0.567. The minimum Gasteiger partial charge on any atom is -0.0984 e. The Hall–Kier alpha value is -1.56. The number of rotatable bonds is 5. The lowest BCUT2D eigenvalue weighted by atomic mass is 9.98. The predicted octanol–water partition coefficient (Wildman–Crippen LogP) is 5.98. The summed E-state index contributed by atoms with van der Waals surface area (Å²) in [5.41, 5.74) is 5.17. The van der Waals surface area contributed by atoms with Crippen LogP contribution in [0.25, 0.3) is 5.57 Å². The van der Waals surface area contributed by atoms with Crippen LogP contribution in [0.2, 0.25) is 0 Å². The van der Waals surface area contributed by atoms with E-state index in [1.54, 1.807) is 0 Å². The SMILES string of the molecule is C=C/C(=C\C=C(/C)C(C)C)c1ccc(C(C)C)cc1. The van der Waals surface area contributed by atoms with Crippen LogP contribution in [0.15, 0.2) is 54.6 Å². The molecule has 0 fully saturated rings. The normalized spacial score (nSPS) is 13.2. The maximum Gasteiger partial charge on any atom is -0.0184 e. The van der Waals surface area contributed by atoms with Crippen LogP contribution in [0, 0.1) is 5.92 Å². The molecule has 1 rings (SSSR count). The molecule has 0 bridgehead atoms. The molecule has 0 aliphatic heterocycles. The molecule has 0 amide bonds. The summed E-state index contributed by atoms with van der Waals surface area (Å²) < 4.78 is 0. The van der Waals surface area contributed by atoms with Crippen molar-refractivity contribution in [1.29, 1.82) is 0 Å². The van der Waals surface area contributed by atoms with Gasteiger partial charge in [-0.25, -0.2) is 0 Å². The van der Waals surface area contributed by atoms with Crippen LogP contribution in [-0.4, -0.2) is 0 Å². The van der Waals surface area contributed by atoms with Crippen molar-refractivity contribution in [2.24, 2.45) is 5.92 Å². The van der Waals surface area contributed by atoms with E-state index >= 15 is 0 Å². The van der Waals surface area contributed by atoms with Crippen LogP contribution in [0.1, 0.15) is 51.7 Å². The summed E-state index contributed by atoms with van der Waals surface area (Å²) >= 11 is 0. The second-order valence-corrected chi connectivity index (χ2v) is 5.67. The van der Waals surface area contributed by atoms with Crippen molar-refractivity contribution in [3.8, 4) is 0 Å². The highest BCUT2D eigenvalue weighted by Gasteiger charge is 2.01. The summed E-state index contributed by atoms with van der Waals surface area (Å²) in [5, 5.41) is 0. The van der Waals surface area contributed by atoms with E-state index in [-0.39, 0.29) is 0 Å². The molecule has 0 unspecified atom stereocenters. The minimum atomic E-state index is 0.577. The first kappa shape index (κ1) is 15.5. The first-order valence-corrected chi connectivity index (χ1v) is 7.07. The van der Waals surface area contributed by atoms with Crippen molar-refractivity contribution < 1.29 is 0 Å². The Morgan fingerprint density at radius 1 is 1.00 bits per heavy atom. The first-order valence-electron chi connectivity index (χ1n) is 7.07. The number of allylic oxidation sites excluding steroid dienone is 5. The highest BCUT2D eigenvalue weighted by atomic mass is 14.1. The molecule has 1 aromatic rings. The Balaban J connectivity index is 3.00. The molecule has 0 saturated heterocycles. The zero-order valence-electron chi connectivity index (χ0n) is 12.9. The van der Waals surface area contributed by atoms with Gasteiger partial charge < -0.3 is 0 Å². The molecule has 0 atom stereocenters. The molecule has 0 heterocycles. The Morgan fingerprint density at radius 3 is 2.00 bits per heavy atom. The molecule has 0 aliphatic rings. The van der Waals surface area contributed by atoms with Crippen molar-refractivity contribution in [1.82, 2.24) is 0 Å². The van der Waals surface area contributed by atoms with Gasteiger partial charge in [-0.2, -0.15) is 0 Å². The second kappa shape index (κ2) is 7.13. The predicted molar refractivity (Wildman–Crippen MR) is 87.3 cm³/mol. The van der Waals surface area contributed by atoms with Gasteiger partial charge in [0.05, 0.1) is 0 Å². The summed E-state index contributed by atoms with van der Waals surface area (Å²) in [6.07, 6.45) is 6.28. The lowest BCUT2D eigenvalue weighted by Crippen LogP contribution is -1.89.